The monoisotopic (exact) mass is 449 g/mol. The van der Waals surface area contributed by atoms with E-state index in [2.05, 4.69) is 47.2 Å². The van der Waals surface area contributed by atoms with Crippen molar-refractivity contribution < 1.29 is 18.7 Å². The van der Waals surface area contributed by atoms with Crippen LogP contribution in [0.2, 0.25) is 0 Å². The summed E-state index contributed by atoms with van der Waals surface area (Å²) in [4.78, 5) is 19.1. The van der Waals surface area contributed by atoms with Crippen LogP contribution in [0.15, 0.2) is 47.1 Å². The van der Waals surface area contributed by atoms with Crippen LogP contribution in [0.1, 0.15) is 58.9 Å². The normalized spacial score (nSPS) is 13.4. The van der Waals surface area contributed by atoms with Crippen LogP contribution in [0.3, 0.4) is 0 Å². The molecule has 1 amide bonds. The third-order valence-corrected chi connectivity index (χ3v) is 5.87. The van der Waals surface area contributed by atoms with E-state index in [1.165, 1.54) is 23.0 Å². The Morgan fingerprint density at radius 1 is 1.09 bits per heavy atom. The van der Waals surface area contributed by atoms with Gasteiger partial charge < -0.3 is 19.2 Å². The number of rotatable bonds is 9. The highest BCUT2D eigenvalue weighted by Gasteiger charge is 2.19. The molecule has 0 saturated carbocycles. The number of benzene rings is 2. The predicted octanol–water partition coefficient (Wildman–Crippen LogP) is 4.75. The Morgan fingerprint density at radius 3 is 2.73 bits per heavy atom. The van der Waals surface area contributed by atoms with E-state index in [-0.39, 0.29) is 18.7 Å². The van der Waals surface area contributed by atoms with Gasteiger partial charge in [-0.05, 0) is 56.0 Å². The molecule has 0 unspecified atom stereocenters. The Labute approximate surface area is 194 Å². The van der Waals surface area contributed by atoms with Gasteiger partial charge in [-0.3, -0.25) is 9.69 Å². The predicted molar refractivity (Wildman–Crippen MR) is 125 cm³/mol. The molecule has 2 aromatic carbocycles. The Morgan fingerprint density at radius 2 is 1.91 bits per heavy atom. The van der Waals surface area contributed by atoms with Gasteiger partial charge >= 0.3 is 0 Å². The highest BCUT2D eigenvalue weighted by molar-refractivity contribution is 5.92. The first kappa shape index (κ1) is 22.9. The van der Waals surface area contributed by atoms with Crippen LogP contribution in [0.5, 0.6) is 11.5 Å². The SMILES string of the molecule is CC[C@H](C)NC(=O)c1coc(CN(Cc2ccc3c(c2)OCO3)Cc2cc(C)ccc2C)n1. The van der Waals surface area contributed by atoms with Gasteiger partial charge in [0.25, 0.3) is 5.91 Å². The molecule has 174 valence electrons. The smallest absolute Gasteiger partial charge is 0.273 e. The van der Waals surface area contributed by atoms with Gasteiger partial charge in [-0.2, -0.15) is 0 Å². The van der Waals surface area contributed by atoms with E-state index >= 15 is 0 Å². The highest BCUT2D eigenvalue weighted by atomic mass is 16.7. The average molecular weight is 450 g/mol. The molecule has 1 N–H and O–H groups in total. The largest absolute Gasteiger partial charge is 0.454 e. The second-order valence-electron chi connectivity index (χ2n) is 8.67. The number of aryl methyl sites for hydroxylation is 2. The van der Waals surface area contributed by atoms with Gasteiger partial charge in [0.2, 0.25) is 12.7 Å². The molecule has 7 nitrogen and oxygen atoms in total. The number of nitrogens with zero attached hydrogens (tertiary/aromatic N) is 2. The van der Waals surface area contributed by atoms with Crippen LogP contribution in [-0.2, 0) is 19.6 Å². The third kappa shape index (κ3) is 5.73. The first-order chi connectivity index (χ1) is 15.9. The van der Waals surface area contributed by atoms with Gasteiger partial charge in [-0.25, -0.2) is 4.98 Å². The summed E-state index contributed by atoms with van der Waals surface area (Å²) in [5, 5.41) is 2.93. The summed E-state index contributed by atoms with van der Waals surface area (Å²) in [6, 6.07) is 12.6. The second kappa shape index (κ2) is 10.1. The maximum Gasteiger partial charge on any atom is 0.273 e. The lowest BCUT2D eigenvalue weighted by Crippen LogP contribution is -2.32. The Bertz CT molecular complexity index is 1120. The number of hydrogen-bond donors (Lipinski definition) is 1. The maximum absolute atomic E-state index is 12.4. The van der Waals surface area contributed by atoms with Crippen molar-refractivity contribution in [3.05, 3.63) is 76.5 Å². The Hall–Kier alpha value is -3.32. The standard InChI is InChI=1S/C26H31N3O4/c1-5-19(4)27-26(30)22-15-31-25(28-22)14-29(13-21-10-17(2)6-7-18(21)3)12-20-8-9-23-24(11-20)33-16-32-23/h6-11,15,19H,5,12-14,16H2,1-4H3,(H,27,30)/t19-/m0/s1. The lowest BCUT2D eigenvalue weighted by atomic mass is 10.0. The van der Waals surface area contributed by atoms with Gasteiger partial charge in [0.05, 0.1) is 6.54 Å². The summed E-state index contributed by atoms with van der Waals surface area (Å²) in [7, 11) is 0. The summed E-state index contributed by atoms with van der Waals surface area (Å²) in [6.07, 6.45) is 2.29. The van der Waals surface area contributed by atoms with Crippen molar-refractivity contribution in [2.24, 2.45) is 0 Å². The number of nitrogens with one attached hydrogen (secondary N) is 1. The zero-order valence-corrected chi connectivity index (χ0v) is 19.7. The van der Waals surface area contributed by atoms with Crippen LogP contribution in [0.25, 0.3) is 0 Å². The molecule has 3 aromatic rings. The minimum Gasteiger partial charge on any atom is -0.454 e. The van der Waals surface area contributed by atoms with Crippen LogP contribution in [0.4, 0.5) is 0 Å². The molecule has 0 aliphatic carbocycles. The summed E-state index contributed by atoms with van der Waals surface area (Å²) in [6.45, 7) is 10.3. The van der Waals surface area contributed by atoms with E-state index in [1.807, 2.05) is 32.0 Å². The molecule has 7 heteroatoms. The molecule has 2 heterocycles. The molecule has 0 bridgehead atoms. The molecule has 0 spiro atoms. The molecular weight excluding hydrogens is 418 g/mol. The lowest BCUT2D eigenvalue weighted by Gasteiger charge is -2.22. The van der Waals surface area contributed by atoms with E-state index in [1.54, 1.807) is 0 Å². The first-order valence-electron chi connectivity index (χ1n) is 11.3. The van der Waals surface area contributed by atoms with Crippen molar-refractivity contribution in [2.75, 3.05) is 6.79 Å². The molecular formula is C26H31N3O4. The number of aromatic nitrogens is 1. The number of oxazole rings is 1. The number of carbonyl (C=O) groups is 1. The number of ether oxygens (including phenoxy) is 2. The van der Waals surface area contributed by atoms with Crippen molar-refractivity contribution in [1.29, 1.82) is 0 Å². The fraction of sp³-hybridized carbons (Fsp3) is 0.385. The van der Waals surface area contributed by atoms with E-state index in [4.69, 9.17) is 13.9 Å². The molecule has 0 saturated heterocycles. The molecule has 33 heavy (non-hydrogen) atoms. The Kier molecular flexibility index (Phi) is 6.99. The average Bonchev–Trinajstić information content (AvgIpc) is 3.45. The third-order valence-electron chi connectivity index (χ3n) is 5.87. The Balaban J connectivity index is 1.53. The number of fused-ring (bicyclic) bond motifs is 1. The van der Waals surface area contributed by atoms with Crippen LogP contribution >= 0.6 is 0 Å². The molecule has 0 fully saturated rings. The molecule has 1 atom stereocenters. The highest BCUT2D eigenvalue weighted by Crippen LogP contribution is 2.33. The quantitative estimate of drug-likeness (QED) is 0.508. The van der Waals surface area contributed by atoms with Gasteiger partial charge in [0.15, 0.2) is 17.2 Å². The maximum atomic E-state index is 12.4. The summed E-state index contributed by atoms with van der Waals surface area (Å²) in [5.74, 6) is 1.83. The van der Waals surface area contributed by atoms with Crippen molar-refractivity contribution in [3.63, 3.8) is 0 Å². The van der Waals surface area contributed by atoms with Crippen LogP contribution in [0, 0.1) is 13.8 Å². The second-order valence-corrected chi connectivity index (χ2v) is 8.67. The van der Waals surface area contributed by atoms with E-state index in [0.717, 1.165) is 30.0 Å². The summed E-state index contributed by atoms with van der Waals surface area (Å²) in [5.41, 5.74) is 5.11. The molecule has 1 aromatic heterocycles. The topological polar surface area (TPSA) is 76.8 Å². The molecule has 0 radical (unpaired) electrons. The molecule has 1 aliphatic heterocycles. The van der Waals surface area contributed by atoms with Gasteiger partial charge in [-0.1, -0.05) is 36.8 Å². The summed E-state index contributed by atoms with van der Waals surface area (Å²) >= 11 is 0. The van der Waals surface area contributed by atoms with E-state index in [0.29, 0.717) is 24.7 Å². The number of carbonyl (C=O) groups excluding carboxylic acids is 1. The van der Waals surface area contributed by atoms with E-state index < -0.39 is 0 Å². The van der Waals surface area contributed by atoms with Crippen LogP contribution in [-0.4, -0.2) is 28.6 Å². The summed E-state index contributed by atoms with van der Waals surface area (Å²) < 4.78 is 16.7. The van der Waals surface area contributed by atoms with Gasteiger partial charge in [0, 0.05) is 19.1 Å². The van der Waals surface area contributed by atoms with Gasteiger partial charge in [0.1, 0.15) is 6.26 Å². The van der Waals surface area contributed by atoms with Crippen molar-refractivity contribution >= 4 is 5.91 Å². The minimum atomic E-state index is -0.212. The fourth-order valence-electron chi connectivity index (χ4n) is 3.76. The fourth-order valence-corrected chi connectivity index (χ4v) is 3.76. The van der Waals surface area contributed by atoms with Crippen molar-refractivity contribution in [1.82, 2.24) is 15.2 Å². The van der Waals surface area contributed by atoms with Gasteiger partial charge in [-0.15, -0.1) is 0 Å². The zero-order chi connectivity index (χ0) is 23.4. The first-order valence-corrected chi connectivity index (χ1v) is 11.3. The number of amides is 1. The molecule has 1 aliphatic rings. The number of hydrogen-bond acceptors (Lipinski definition) is 6. The van der Waals surface area contributed by atoms with Crippen LogP contribution < -0.4 is 14.8 Å². The lowest BCUT2D eigenvalue weighted by molar-refractivity contribution is 0.0934. The van der Waals surface area contributed by atoms with Crippen molar-refractivity contribution in [3.8, 4) is 11.5 Å². The minimum absolute atomic E-state index is 0.0875. The molecule has 4 rings (SSSR count). The zero-order valence-electron chi connectivity index (χ0n) is 19.7. The van der Waals surface area contributed by atoms with Crippen molar-refractivity contribution in [2.45, 2.75) is 59.8 Å². The van der Waals surface area contributed by atoms with E-state index in [9.17, 15) is 4.79 Å².